The van der Waals surface area contributed by atoms with Crippen molar-refractivity contribution >= 4 is 17.4 Å². The first kappa shape index (κ1) is 14.0. The fourth-order valence-corrected chi connectivity index (χ4v) is 1.92. The fraction of sp³-hybridized carbons (Fsp3) is 0.462. The Morgan fingerprint density at radius 2 is 2.18 bits per heavy atom. The molecule has 94 valence electrons. The topological polar surface area (TPSA) is 29.5 Å². The number of nitrogens with zero attached hydrogens (tertiary/aromatic N) is 1. The minimum atomic E-state index is 0.157. The average Bonchev–Trinajstić information content (AvgIpc) is 2.21. The van der Waals surface area contributed by atoms with Crippen LogP contribution in [-0.4, -0.2) is 30.9 Å². The van der Waals surface area contributed by atoms with Gasteiger partial charge in [0.1, 0.15) is 11.5 Å². The van der Waals surface area contributed by atoms with Gasteiger partial charge in [-0.25, -0.2) is 0 Å². The number of likely N-dealkylation sites (N-methyl/N-ethyl adjacent to an activating group) is 1. The summed E-state index contributed by atoms with van der Waals surface area (Å²) in [5, 5.41) is 0.612. The lowest BCUT2D eigenvalue weighted by atomic mass is 10.2. The second-order valence-electron chi connectivity index (χ2n) is 4.07. The van der Waals surface area contributed by atoms with Crippen LogP contribution in [-0.2, 0) is 11.3 Å². The molecule has 17 heavy (non-hydrogen) atoms. The van der Waals surface area contributed by atoms with Gasteiger partial charge in [0.25, 0.3) is 0 Å². The van der Waals surface area contributed by atoms with Gasteiger partial charge >= 0.3 is 0 Å². The van der Waals surface area contributed by atoms with E-state index in [2.05, 4.69) is 0 Å². The number of ketones is 1. The third-order valence-corrected chi connectivity index (χ3v) is 2.54. The zero-order chi connectivity index (χ0) is 12.8. The summed E-state index contributed by atoms with van der Waals surface area (Å²) in [6.07, 6.45) is 0. The fourth-order valence-electron chi connectivity index (χ4n) is 1.66. The molecule has 0 aliphatic rings. The van der Waals surface area contributed by atoms with Crippen molar-refractivity contribution in [3.63, 3.8) is 0 Å². The number of Topliss-reactive ketones (excluding diaryl/α,β-unsaturated/α-hetero) is 1. The van der Waals surface area contributed by atoms with Crippen molar-refractivity contribution in [2.24, 2.45) is 0 Å². The molecule has 0 amide bonds. The van der Waals surface area contributed by atoms with Crippen LogP contribution in [0.15, 0.2) is 18.2 Å². The van der Waals surface area contributed by atoms with Gasteiger partial charge in [-0.2, -0.15) is 0 Å². The van der Waals surface area contributed by atoms with Crippen LogP contribution >= 0.6 is 11.6 Å². The van der Waals surface area contributed by atoms with E-state index in [1.165, 1.54) is 0 Å². The Bertz CT molecular complexity index is 393. The third-order valence-electron chi connectivity index (χ3n) is 2.24. The smallest absolute Gasteiger partial charge is 0.143 e. The Morgan fingerprint density at radius 1 is 1.47 bits per heavy atom. The number of carbonyl (C=O) groups is 1. The predicted molar refractivity (Wildman–Crippen MR) is 69.6 cm³/mol. The lowest BCUT2D eigenvalue weighted by Gasteiger charge is -2.15. The largest absolute Gasteiger partial charge is 0.492 e. The highest BCUT2D eigenvalue weighted by Gasteiger charge is 2.06. The maximum absolute atomic E-state index is 11.0. The molecule has 0 radical (unpaired) electrons. The zero-order valence-corrected chi connectivity index (χ0v) is 11.3. The summed E-state index contributed by atoms with van der Waals surface area (Å²) >= 11 is 6.09. The van der Waals surface area contributed by atoms with Crippen LogP contribution in [0.2, 0.25) is 5.02 Å². The first-order valence-electron chi connectivity index (χ1n) is 5.62. The first-order valence-corrected chi connectivity index (χ1v) is 6.00. The summed E-state index contributed by atoms with van der Waals surface area (Å²) in [6, 6.07) is 5.71. The molecule has 0 aliphatic carbocycles. The van der Waals surface area contributed by atoms with Crippen LogP contribution in [0.1, 0.15) is 19.4 Å². The molecular weight excluding hydrogens is 238 g/mol. The molecule has 0 heterocycles. The minimum Gasteiger partial charge on any atom is -0.492 e. The van der Waals surface area contributed by atoms with Crippen molar-refractivity contribution in [1.29, 1.82) is 0 Å². The van der Waals surface area contributed by atoms with Crippen molar-refractivity contribution in [2.75, 3.05) is 20.2 Å². The molecule has 0 aromatic heterocycles. The molecule has 0 bridgehead atoms. The maximum Gasteiger partial charge on any atom is 0.143 e. The van der Waals surface area contributed by atoms with Gasteiger partial charge in [-0.3, -0.25) is 9.69 Å². The number of benzene rings is 1. The van der Waals surface area contributed by atoms with E-state index < -0.39 is 0 Å². The second-order valence-corrected chi connectivity index (χ2v) is 4.48. The molecule has 1 rings (SSSR count). The first-order chi connectivity index (χ1) is 8.02. The van der Waals surface area contributed by atoms with Crippen LogP contribution in [0.3, 0.4) is 0 Å². The van der Waals surface area contributed by atoms with Gasteiger partial charge in [-0.05, 0) is 38.6 Å². The summed E-state index contributed by atoms with van der Waals surface area (Å²) in [6.45, 7) is 5.26. The standard InChI is InChI=1S/C13H18ClNO2/c1-4-17-13-6-5-11(7-12(13)14)9-15(3)8-10(2)16/h5-7H,4,8-9H2,1-3H3. The quantitative estimate of drug-likeness (QED) is 0.783. The van der Waals surface area contributed by atoms with Crippen LogP contribution in [0.5, 0.6) is 5.75 Å². The van der Waals surface area contributed by atoms with Gasteiger partial charge in [-0.1, -0.05) is 17.7 Å². The molecule has 1 aromatic carbocycles. The zero-order valence-electron chi connectivity index (χ0n) is 10.5. The summed E-state index contributed by atoms with van der Waals surface area (Å²) in [4.78, 5) is 12.9. The van der Waals surface area contributed by atoms with E-state index >= 15 is 0 Å². The molecule has 1 aromatic rings. The van der Waals surface area contributed by atoms with Crippen molar-refractivity contribution in [1.82, 2.24) is 4.90 Å². The van der Waals surface area contributed by atoms with E-state index in [0.717, 1.165) is 5.56 Å². The summed E-state index contributed by atoms with van der Waals surface area (Å²) in [5.74, 6) is 0.858. The minimum absolute atomic E-state index is 0.157. The molecule has 0 N–H and O–H groups in total. The molecule has 0 fully saturated rings. The van der Waals surface area contributed by atoms with E-state index in [0.29, 0.717) is 30.5 Å². The lowest BCUT2D eigenvalue weighted by molar-refractivity contribution is -0.117. The average molecular weight is 256 g/mol. The predicted octanol–water partition coefficient (Wildman–Crippen LogP) is 2.76. The van der Waals surface area contributed by atoms with Crippen molar-refractivity contribution in [2.45, 2.75) is 20.4 Å². The van der Waals surface area contributed by atoms with E-state index in [4.69, 9.17) is 16.3 Å². The molecule has 3 nitrogen and oxygen atoms in total. The van der Waals surface area contributed by atoms with Crippen molar-refractivity contribution in [3.8, 4) is 5.75 Å². The molecule has 0 saturated heterocycles. The van der Waals surface area contributed by atoms with Crippen LogP contribution < -0.4 is 4.74 Å². The summed E-state index contributed by atoms with van der Waals surface area (Å²) in [5.41, 5.74) is 1.07. The summed E-state index contributed by atoms with van der Waals surface area (Å²) in [7, 11) is 1.91. The highest BCUT2D eigenvalue weighted by molar-refractivity contribution is 6.32. The Hall–Kier alpha value is -1.06. The van der Waals surface area contributed by atoms with Crippen LogP contribution in [0.4, 0.5) is 0 Å². The number of rotatable bonds is 6. The maximum atomic E-state index is 11.0. The normalized spacial score (nSPS) is 10.6. The number of ether oxygens (including phenoxy) is 1. The van der Waals surface area contributed by atoms with E-state index in [1.807, 2.05) is 37.1 Å². The SMILES string of the molecule is CCOc1ccc(CN(C)CC(C)=O)cc1Cl. The van der Waals surface area contributed by atoms with E-state index in [9.17, 15) is 4.79 Å². The monoisotopic (exact) mass is 255 g/mol. The van der Waals surface area contributed by atoms with Crippen LogP contribution in [0.25, 0.3) is 0 Å². The van der Waals surface area contributed by atoms with Gasteiger partial charge in [0.05, 0.1) is 18.2 Å². The molecule has 0 spiro atoms. The van der Waals surface area contributed by atoms with Crippen LogP contribution in [0, 0.1) is 0 Å². The lowest BCUT2D eigenvalue weighted by Crippen LogP contribution is -2.23. The van der Waals surface area contributed by atoms with E-state index in [1.54, 1.807) is 6.92 Å². The molecule has 4 heteroatoms. The second kappa shape index (κ2) is 6.62. The van der Waals surface area contributed by atoms with E-state index in [-0.39, 0.29) is 5.78 Å². The number of halogens is 1. The Labute approximate surface area is 107 Å². The van der Waals surface area contributed by atoms with Crippen molar-refractivity contribution < 1.29 is 9.53 Å². The number of carbonyl (C=O) groups excluding carboxylic acids is 1. The van der Waals surface area contributed by atoms with Gasteiger partial charge in [0.15, 0.2) is 0 Å². The Morgan fingerprint density at radius 3 is 2.71 bits per heavy atom. The van der Waals surface area contributed by atoms with Gasteiger partial charge < -0.3 is 4.74 Å². The number of hydrogen-bond acceptors (Lipinski definition) is 3. The Balaban J connectivity index is 2.66. The van der Waals surface area contributed by atoms with Crippen molar-refractivity contribution in [3.05, 3.63) is 28.8 Å². The highest BCUT2D eigenvalue weighted by atomic mass is 35.5. The van der Waals surface area contributed by atoms with Gasteiger partial charge in [-0.15, -0.1) is 0 Å². The molecule has 0 aliphatic heterocycles. The third kappa shape index (κ3) is 4.75. The van der Waals surface area contributed by atoms with Gasteiger partial charge in [0.2, 0.25) is 0 Å². The Kier molecular flexibility index (Phi) is 5.45. The number of hydrogen-bond donors (Lipinski definition) is 0. The molecule has 0 atom stereocenters. The highest BCUT2D eigenvalue weighted by Crippen LogP contribution is 2.25. The van der Waals surface area contributed by atoms with Gasteiger partial charge in [0, 0.05) is 6.54 Å². The molecule has 0 saturated carbocycles. The molecule has 0 unspecified atom stereocenters. The molecular formula is C13H18ClNO2. The summed E-state index contributed by atoms with van der Waals surface area (Å²) < 4.78 is 5.36.